The van der Waals surface area contributed by atoms with Gasteiger partial charge in [-0.1, -0.05) is 61.7 Å². The van der Waals surface area contributed by atoms with Crippen molar-refractivity contribution in [3.63, 3.8) is 0 Å². The number of hydrogen-bond acceptors (Lipinski definition) is 0. The van der Waals surface area contributed by atoms with Gasteiger partial charge in [-0.15, -0.1) is 5.73 Å². The first-order valence-corrected chi connectivity index (χ1v) is 4.87. The summed E-state index contributed by atoms with van der Waals surface area (Å²) in [5.41, 5.74) is 5.00. The Labute approximate surface area is 89.9 Å². The van der Waals surface area contributed by atoms with Gasteiger partial charge in [0.1, 0.15) is 0 Å². The number of allylic oxidation sites excluding steroid dienone is 2. The lowest BCUT2D eigenvalue weighted by Gasteiger charge is -2.05. The fourth-order valence-corrected chi connectivity index (χ4v) is 1.74. The normalized spacial score (nSPS) is 9.60. The molecule has 0 radical (unpaired) electrons. The van der Waals surface area contributed by atoms with Crippen LogP contribution in [0.25, 0.3) is 16.3 Å². The molecule has 0 saturated carbocycles. The Balaban J connectivity index is 2.82. The molecule has 0 spiro atoms. The van der Waals surface area contributed by atoms with Crippen molar-refractivity contribution in [3.05, 3.63) is 73.0 Å². The summed E-state index contributed by atoms with van der Waals surface area (Å²) in [6, 6.07) is 14.5. The van der Waals surface area contributed by atoms with Crippen LogP contribution in [0.5, 0.6) is 0 Å². The predicted molar refractivity (Wildman–Crippen MR) is 66.7 cm³/mol. The summed E-state index contributed by atoms with van der Waals surface area (Å²) in [6.45, 7) is 7.46. The van der Waals surface area contributed by atoms with E-state index in [-0.39, 0.29) is 0 Å². The van der Waals surface area contributed by atoms with Crippen molar-refractivity contribution in [2.45, 2.75) is 0 Å². The van der Waals surface area contributed by atoms with Gasteiger partial charge in [-0.05, 0) is 16.3 Å². The van der Waals surface area contributed by atoms with E-state index in [1.807, 2.05) is 18.2 Å². The van der Waals surface area contributed by atoms with Gasteiger partial charge in [0.05, 0.1) is 0 Å². The molecule has 0 unspecified atom stereocenters. The SMILES string of the molecule is C=C=C(C=C)c1cccc2ccccc12. The van der Waals surface area contributed by atoms with E-state index in [0.717, 1.165) is 11.1 Å². The topological polar surface area (TPSA) is 0 Å². The van der Waals surface area contributed by atoms with Crippen LogP contribution in [0.1, 0.15) is 5.56 Å². The molecule has 0 heteroatoms. The summed E-state index contributed by atoms with van der Waals surface area (Å²) in [4.78, 5) is 0. The van der Waals surface area contributed by atoms with Crippen LogP contribution in [-0.2, 0) is 0 Å². The third-order valence-corrected chi connectivity index (χ3v) is 2.47. The van der Waals surface area contributed by atoms with Gasteiger partial charge in [-0.3, -0.25) is 0 Å². The minimum atomic E-state index is 0.951. The van der Waals surface area contributed by atoms with Crippen LogP contribution in [0, 0.1) is 0 Å². The molecule has 15 heavy (non-hydrogen) atoms. The summed E-state index contributed by atoms with van der Waals surface area (Å²) in [5.74, 6) is 0. The molecule has 0 aliphatic carbocycles. The van der Waals surface area contributed by atoms with E-state index in [2.05, 4.69) is 43.2 Å². The molecule has 0 heterocycles. The lowest BCUT2D eigenvalue weighted by Crippen LogP contribution is -1.82. The van der Waals surface area contributed by atoms with Crippen molar-refractivity contribution in [2.24, 2.45) is 0 Å². The molecule has 2 aromatic rings. The van der Waals surface area contributed by atoms with Crippen LogP contribution in [-0.4, -0.2) is 0 Å². The molecule has 0 saturated heterocycles. The molecule has 0 aliphatic rings. The van der Waals surface area contributed by atoms with Gasteiger partial charge >= 0.3 is 0 Å². The van der Waals surface area contributed by atoms with Gasteiger partial charge in [-0.2, -0.15) is 0 Å². The number of hydrogen-bond donors (Lipinski definition) is 0. The second kappa shape index (κ2) is 4.00. The van der Waals surface area contributed by atoms with Crippen molar-refractivity contribution in [1.29, 1.82) is 0 Å². The fourth-order valence-electron chi connectivity index (χ4n) is 1.74. The van der Waals surface area contributed by atoms with E-state index >= 15 is 0 Å². The highest BCUT2D eigenvalue weighted by atomic mass is 14.0. The molecule has 0 bridgehead atoms. The van der Waals surface area contributed by atoms with Crippen LogP contribution < -0.4 is 0 Å². The van der Waals surface area contributed by atoms with E-state index in [9.17, 15) is 0 Å². The van der Waals surface area contributed by atoms with Crippen molar-refractivity contribution < 1.29 is 0 Å². The molecule has 0 amide bonds. The van der Waals surface area contributed by atoms with Crippen molar-refractivity contribution >= 4 is 16.3 Å². The molecule has 0 atom stereocenters. The monoisotopic (exact) mass is 192 g/mol. The van der Waals surface area contributed by atoms with E-state index in [0.29, 0.717) is 0 Å². The predicted octanol–water partition coefficient (Wildman–Crippen LogP) is 4.19. The maximum atomic E-state index is 3.78. The third kappa shape index (κ3) is 1.63. The van der Waals surface area contributed by atoms with E-state index in [1.165, 1.54) is 10.8 Å². The zero-order valence-corrected chi connectivity index (χ0v) is 8.53. The number of benzene rings is 2. The number of rotatable bonds is 2. The van der Waals surface area contributed by atoms with Crippen LogP contribution >= 0.6 is 0 Å². The standard InChI is InChI=1S/C15H12/c1-3-12(4-2)14-11-7-9-13-8-5-6-10-15(13)14/h3,5-11H,1-2H2. The lowest BCUT2D eigenvalue weighted by molar-refractivity contribution is 1.68. The number of fused-ring (bicyclic) bond motifs is 1. The van der Waals surface area contributed by atoms with Crippen LogP contribution in [0.4, 0.5) is 0 Å². The average molecular weight is 192 g/mol. The summed E-state index contributed by atoms with van der Waals surface area (Å²) < 4.78 is 0. The van der Waals surface area contributed by atoms with Crippen LogP contribution in [0.3, 0.4) is 0 Å². The van der Waals surface area contributed by atoms with Gasteiger partial charge in [0.15, 0.2) is 0 Å². The molecule has 0 aliphatic heterocycles. The minimum Gasteiger partial charge on any atom is -0.120 e. The lowest BCUT2D eigenvalue weighted by atomic mass is 9.99. The first-order chi connectivity index (χ1) is 7.36. The molecule has 0 nitrogen and oxygen atoms in total. The molecule has 0 N–H and O–H groups in total. The Bertz CT molecular complexity index is 550. The average Bonchev–Trinajstić information content (AvgIpc) is 2.31. The second-order valence-electron chi connectivity index (χ2n) is 3.32. The Kier molecular flexibility index (Phi) is 2.53. The Morgan fingerprint density at radius 1 is 1.07 bits per heavy atom. The second-order valence-corrected chi connectivity index (χ2v) is 3.32. The largest absolute Gasteiger partial charge is 0.120 e. The highest BCUT2D eigenvalue weighted by Gasteiger charge is 2.01. The van der Waals surface area contributed by atoms with Gasteiger partial charge in [0.2, 0.25) is 0 Å². The zero-order valence-electron chi connectivity index (χ0n) is 8.53. The third-order valence-electron chi connectivity index (χ3n) is 2.47. The minimum absolute atomic E-state index is 0.951. The maximum Gasteiger partial charge on any atom is 0.0231 e. The molecule has 2 rings (SSSR count). The summed E-state index contributed by atoms with van der Waals surface area (Å²) >= 11 is 0. The van der Waals surface area contributed by atoms with E-state index < -0.39 is 0 Å². The molecule has 0 fully saturated rings. The summed E-state index contributed by atoms with van der Waals surface area (Å²) in [5, 5.41) is 2.44. The first kappa shape index (κ1) is 9.51. The quantitative estimate of drug-likeness (QED) is 0.494. The highest BCUT2D eigenvalue weighted by molar-refractivity contribution is 5.95. The zero-order chi connectivity index (χ0) is 10.7. The van der Waals surface area contributed by atoms with Crippen LogP contribution in [0.15, 0.2) is 67.4 Å². The molecule has 72 valence electrons. The highest BCUT2D eigenvalue weighted by Crippen LogP contribution is 2.24. The van der Waals surface area contributed by atoms with E-state index in [1.54, 1.807) is 6.08 Å². The van der Waals surface area contributed by atoms with Gasteiger partial charge in [-0.25, -0.2) is 0 Å². The van der Waals surface area contributed by atoms with Gasteiger partial charge < -0.3 is 0 Å². The first-order valence-electron chi connectivity index (χ1n) is 4.87. The molecule has 2 aromatic carbocycles. The summed E-state index contributed by atoms with van der Waals surface area (Å²) in [6.07, 6.45) is 1.79. The van der Waals surface area contributed by atoms with Gasteiger partial charge in [0, 0.05) is 5.57 Å². The molecular formula is C15H12. The Morgan fingerprint density at radius 3 is 2.53 bits per heavy atom. The maximum absolute atomic E-state index is 3.78. The van der Waals surface area contributed by atoms with Gasteiger partial charge in [0.25, 0.3) is 0 Å². The van der Waals surface area contributed by atoms with Crippen molar-refractivity contribution in [3.8, 4) is 0 Å². The van der Waals surface area contributed by atoms with Crippen molar-refractivity contribution in [1.82, 2.24) is 0 Å². The van der Waals surface area contributed by atoms with Crippen molar-refractivity contribution in [2.75, 3.05) is 0 Å². The fraction of sp³-hybridized carbons (Fsp3) is 0. The van der Waals surface area contributed by atoms with E-state index in [4.69, 9.17) is 0 Å². The smallest absolute Gasteiger partial charge is 0.0231 e. The summed E-state index contributed by atoms with van der Waals surface area (Å²) in [7, 11) is 0. The Morgan fingerprint density at radius 2 is 1.80 bits per heavy atom. The Hall–Kier alpha value is -2.04. The molecule has 0 aromatic heterocycles. The molecular weight excluding hydrogens is 180 g/mol. The van der Waals surface area contributed by atoms with Crippen LogP contribution in [0.2, 0.25) is 0 Å².